The predicted molar refractivity (Wildman–Crippen MR) is 125 cm³/mol. The van der Waals surface area contributed by atoms with Crippen molar-refractivity contribution in [3.63, 3.8) is 0 Å². The van der Waals surface area contributed by atoms with Crippen LogP contribution in [0, 0.1) is 0 Å². The van der Waals surface area contributed by atoms with Crippen molar-refractivity contribution in [3.8, 4) is 5.75 Å². The standard InChI is InChI=1S/C27H22N2O/c1-30-24-15-11-20(12-16-24)13-17-27-28-25-8-4-5-9-26(25)29(27)19-21-10-14-22-6-2-3-7-23(22)18-21/h2-18H,19H2,1H3. The molecule has 146 valence electrons. The molecule has 0 N–H and O–H groups in total. The Labute approximate surface area is 175 Å². The number of imidazole rings is 1. The highest BCUT2D eigenvalue weighted by Crippen LogP contribution is 2.22. The molecule has 0 fully saturated rings. The number of hydrogen-bond donors (Lipinski definition) is 0. The molecule has 5 aromatic rings. The van der Waals surface area contributed by atoms with Gasteiger partial charge in [0.2, 0.25) is 0 Å². The number of ether oxygens (including phenoxy) is 1. The van der Waals surface area contributed by atoms with Crippen molar-refractivity contribution in [1.82, 2.24) is 9.55 Å². The first-order valence-corrected chi connectivity index (χ1v) is 10.1. The van der Waals surface area contributed by atoms with Gasteiger partial charge in [0, 0.05) is 6.54 Å². The maximum Gasteiger partial charge on any atom is 0.134 e. The van der Waals surface area contributed by atoms with Gasteiger partial charge in [-0.05, 0) is 58.3 Å². The smallest absolute Gasteiger partial charge is 0.134 e. The molecule has 30 heavy (non-hydrogen) atoms. The van der Waals surface area contributed by atoms with Crippen LogP contribution in [-0.2, 0) is 6.54 Å². The van der Waals surface area contributed by atoms with E-state index in [1.807, 2.05) is 30.3 Å². The summed E-state index contributed by atoms with van der Waals surface area (Å²) in [5, 5.41) is 2.52. The number of aromatic nitrogens is 2. The average molecular weight is 390 g/mol. The van der Waals surface area contributed by atoms with Crippen molar-refractivity contribution in [2.24, 2.45) is 0 Å². The SMILES string of the molecule is COc1ccc(C=Cc2nc3ccccc3n2Cc2ccc3ccccc3c2)cc1. The van der Waals surface area contributed by atoms with Crippen LogP contribution in [0.3, 0.4) is 0 Å². The van der Waals surface area contributed by atoms with Gasteiger partial charge in [-0.15, -0.1) is 0 Å². The van der Waals surface area contributed by atoms with Gasteiger partial charge in [0.05, 0.1) is 18.1 Å². The van der Waals surface area contributed by atoms with Crippen LogP contribution in [0.25, 0.3) is 34.0 Å². The summed E-state index contributed by atoms with van der Waals surface area (Å²) in [5.74, 6) is 1.80. The number of hydrogen-bond acceptors (Lipinski definition) is 2. The van der Waals surface area contributed by atoms with Gasteiger partial charge in [-0.25, -0.2) is 4.98 Å². The van der Waals surface area contributed by atoms with Crippen LogP contribution >= 0.6 is 0 Å². The summed E-state index contributed by atoms with van der Waals surface area (Å²) in [4.78, 5) is 4.87. The van der Waals surface area contributed by atoms with Gasteiger partial charge in [0.1, 0.15) is 11.6 Å². The minimum atomic E-state index is 0.771. The molecule has 5 rings (SSSR count). The molecule has 1 aromatic heterocycles. The maximum absolute atomic E-state index is 5.25. The van der Waals surface area contributed by atoms with Gasteiger partial charge < -0.3 is 9.30 Å². The van der Waals surface area contributed by atoms with E-state index in [2.05, 4.69) is 77.4 Å². The van der Waals surface area contributed by atoms with Gasteiger partial charge in [-0.3, -0.25) is 0 Å². The zero-order valence-corrected chi connectivity index (χ0v) is 16.8. The number of para-hydroxylation sites is 2. The van der Waals surface area contributed by atoms with E-state index in [1.54, 1.807) is 7.11 Å². The first-order chi connectivity index (χ1) is 14.8. The van der Waals surface area contributed by atoms with E-state index >= 15 is 0 Å². The van der Waals surface area contributed by atoms with Crippen LogP contribution in [0.15, 0.2) is 91.0 Å². The lowest BCUT2D eigenvalue weighted by molar-refractivity contribution is 0.415. The molecule has 0 amide bonds. The molecule has 0 saturated carbocycles. The molecular formula is C27H22N2O. The average Bonchev–Trinajstić information content (AvgIpc) is 3.15. The van der Waals surface area contributed by atoms with Gasteiger partial charge >= 0.3 is 0 Å². The second-order valence-corrected chi connectivity index (χ2v) is 7.33. The number of nitrogens with zero attached hydrogens (tertiary/aromatic N) is 2. The van der Waals surface area contributed by atoms with Crippen LogP contribution in [-0.4, -0.2) is 16.7 Å². The van der Waals surface area contributed by atoms with E-state index in [1.165, 1.54) is 16.3 Å². The molecule has 4 aromatic carbocycles. The molecule has 0 aliphatic carbocycles. The third kappa shape index (κ3) is 3.58. The van der Waals surface area contributed by atoms with Crippen molar-refractivity contribution in [2.45, 2.75) is 6.54 Å². The largest absolute Gasteiger partial charge is 0.497 e. The molecular weight excluding hydrogens is 368 g/mol. The maximum atomic E-state index is 5.25. The van der Waals surface area contributed by atoms with Crippen LogP contribution in [0.5, 0.6) is 5.75 Å². The number of benzene rings is 4. The highest BCUT2D eigenvalue weighted by atomic mass is 16.5. The second kappa shape index (κ2) is 7.88. The fraction of sp³-hybridized carbons (Fsp3) is 0.0741. The fourth-order valence-corrected chi connectivity index (χ4v) is 3.79. The van der Waals surface area contributed by atoms with Gasteiger partial charge in [0.25, 0.3) is 0 Å². The first kappa shape index (κ1) is 18.2. The third-order valence-electron chi connectivity index (χ3n) is 5.38. The Bertz CT molecular complexity index is 1350. The lowest BCUT2D eigenvalue weighted by Crippen LogP contribution is -2.02. The third-order valence-corrected chi connectivity index (χ3v) is 5.38. The topological polar surface area (TPSA) is 27.1 Å². The summed E-state index contributed by atoms with van der Waals surface area (Å²) in [7, 11) is 1.68. The van der Waals surface area contributed by atoms with Crippen LogP contribution in [0.2, 0.25) is 0 Å². The number of methoxy groups -OCH3 is 1. The number of fused-ring (bicyclic) bond motifs is 2. The highest BCUT2D eigenvalue weighted by Gasteiger charge is 2.09. The van der Waals surface area contributed by atoms with E-state index in [4.69, 9.17) is 9.72 Å². The molecule has 0 radical (unpaired) electrons. The van der Waals surface area contributed by atoms with Crippen molar-refractivity contribution >= 4 is 34.0 Å². The Morgan fingerprint density at radius 1 is 0.800 bits per heavy atom. The van der Waals surface area contributed by atoms with Crippen molar-refractivity contribution in [3.05, 3.63) is 108 Å². The van der Waals surface area contributed by atoms with Crippen molar-refractivity contribution in [2.75, 3.05) is 7.11 Å². The Hall–Kier alpha value is -3.85. The van der Waals surface area contributed by atoms with Crippen molar-refractivity contribution < 1.29 is 4.74 Å². The van der Waals surface area contributed by atoms with Crippen LogP contribution in [0.1, 0.15) is 17.0 Å². The highest BCUT2D eigenvalue weighted by molar-refractivity contribution is 5.83. The summed E-state index contributed by atoms with van der Waals surface area (Å²) in [6.07, 6.45) is 4.18. The molecule has 0 spiro atoms. The van der Waals surface area contributed by atoms with Gasteiger partial charge in [-0.1, -0.05) is 66.7 Å². The summed E-state index contributed by atoms with van der Waals surface area (Å²) < 4.78 is 7.52. The minimum Gasteiger partial charge on any atom is -0.497 e. The van der Waals surface area contributed by atoms with E-state index in [0.29, 0.717) is 0 Å². The van der Waals surface area contributed by atoms with E-state index in [-0.39, 0.29) is 0 Å². The lowest BCUT2D eigenvalue weighted by Gasteiger charge is -2.09. The number of rotatable bonds is 5. The first-order valence-electron chi connectivity index (χ1n) is 10.1. The second-order valence-electron chi connectivity index (χ2n) is 7.33. The molecule has 3 heteroatoms. The molecule has 0 aliphatic heterocycles. The quantitative estimate of drug-likeness (QED) is 0.346. The summed E-state index contributed by atoms with van der Waals surface area (Å²) in [6.45, 7) is 0.771. The normalized spacial score (nSPS) is 11.5. The monoisotopic (exact) mass is 390 g/mol. The molecule has 1 heterocycles. The van der Waals surface area contributed by atoms with Crippen LogP contribution < -0.4 is 4.74 Å². The zero-order valence-electron chi connectivity index (χ0n) is 16.8. The Kier molecular flexibility index (Phi) is 4.78. The zero-order chi connectivity index (χ0) is 20.3. The minimum absolute atomic E-state index is 0.771. The van der Waals surface area contributed by atoms with Gasteiger partial charge in [0.15, 0.2) is 0 Å². The van der Waals surface area contributed by atoms with E-state index in [0.717, 1.165) is 34.7 Å². The van der Waals surface area contributed by atoms with Crippen LogP contribution in [0.4, 0.5) is 0 Å². The molecule has 0 aliphatic rings. The molecule has 3 nitrogen and oxygen atoms in total. The molecule has 0 atom stereocenters. The molecule has 0 bridgehead atoms. The van der Waals surface area contributed by atoms with Gasteiger partial charge in [-0.2, -0.15) is 0 Å². The molecule has 0 unspecified atom stereocenters. The molecule has 0 saturated heterocycles. The van der Waals surface area contributed by atoms with E-state index in [9.17, 15) is 0 Å². The summed E-state index contributed by atoms with van der Waals surface area (Å²) >= 11 is 0. The fourth-order valence-electron chi connectivity index (χ4n) is 3.79. The van der Waals surface area contributed by atoms with Crippen molar-refractivity contribution in [1.29, 1.82) is 0 Å². The lowest BCUT2D eigenvalue weighted by atomic mass is 10.1. The summed E-state index contributed by atoms with van der Waals surface area (Å²) in [5.41, 5.74) is 4.52. The Morgan fingerprint density at radius 2 is 1.57 bits per heavy atom. The Morgan fingerprint density at radius 3 is 2.40 bits per heavy atom. The summed E-state index contributed by atoms with van der Waals surface area (Å²) in [6, 6.07) is 31.5. The predicted octanol–water partition coefficient (Wildman–Crippen LogP) is 6.42. The Balaban J connectivity index is 1.53. The van der Waals surface area contributed by atoms with E-state index < -0.39 is 0 Å².